The van der Waals surface area contributed by atoms with Gasteiger partial charge in [0.15, 0.2) is 0 Å². The highest BCUT2D eigenvalue weighted by molar-refractivity contribution is 6.32. The second kappa shape index (κ2) is 11.9. The first-order chi connectivity index (χ1) is 17.8. The van der Waals surface area contributed by atoms with Gasteiger partial charge in [-0.2, -0.15) is 0 Å². The van der Waals surface area contributed by atoms with Crippen molar-refractivity contribution in [2.24, 2.45) is 5.41 Å². The van der Waals surface area contributed by atoms with E-state index in [1.807, 2.05) is 0 Å². The van der Waals surface area contributed by atoms with Crippen LogP contribution in [0.2, 0.25) is 5.02 Å². The number of aromatic nitrogens is 1. The third kappa shape index (κ3) is 6.76. The zero-order chi connectivity index (χ0) is 26.4. The molecule has 0 aliphatic carbocycles. The summed E-state index contributed by atoms with van der Waals surface area (Å²) in [6.45, 7) is 1.89. The Kier molecular flexibility index (Phi) is 8.63. The number of ether oxygens (including phenoxy) is 1. The largest absolute Gasteiger partial charge is 0.497 e. The minimum Gasteiger partial charge on any atom is -0.497 e. The Balaban J connectivity index is 1.42. The standard InChI is InChI=1S/C29H29ClF2N2O3/c1-37-22-8-9-26-23(17-22)28(24(30)19-33-26)25(32)10-11-29(18-27(35)36)12-15-34(16-13-29)14-2-3-20-4-6-21(31)7-5-20/h4-9,17,19,25H,10-16,18H2,1H3,(H,35,36). The average molecular weight is 527 g/mol. The van der Waals surface area contributed by atoms with Gasteiger partial charge in [0.05, 0.1) is 30.6 Å². The van der Waals surface area contributed by atoms with Crippen molar-refractivity contribution in [3.63, 3.8) is 0 Å². The van der Waals surface area contributed by atoms with Gasteiger partial charge < -0.3 is 9.84 Å². The number of piperidine rings is 1. The first-order valence-electron chi connectivity index (χ1n) is 12.2. The zero-order valence-electron chi connectivity index (χ0n) is 20.6. The summed E-state index contributed by atoms with van der Waals surface area (Å²) in [5.41, 5.74) is 1.24. The lowest BCUT2D eigenvalue weighted by Crippen LogP contribution is -2.41. The number of hydrogen-bond donors (Lipinski definition) is 1. The van der Waals surface area contributed by atoms with Gasteiger partial charge in [-0.1, -0.05) is 23.4 Å². The lowest BCUT2D eigenvalue weighted by Gasteiger charge is -2.41. The normalized spacial score (nSPS) is 16.1. The molecular formula is C29H29ClF2N2O3. The number of carboxylic acids is 1. The molecule has 1 aliphatic heterocycles. The van der Waals surface area contributed by atoms with E-state index in [0.29, 0.717) is 61.1 Å². The predicted molar refractivity (Wildman–Crippen MR) is 140 cm³/mol. The molecule has 194 valence electrons. The number of carbonyl (C=O) groups is 1. The van der Waals surface area contributed by atoms with Crippen molar-refractivity contribution in [1.82, 2.24) is 9.88 Å². The number of pyridine rings is 1. The summed E-state index contributed by atoms with van der Waals surface area (Å²) < 4.78 is 34.0. The van der Waals surface area contributed by atoms with Gasteiger partial charge in [-0.3, -0.25) is 14.7 Å². The fraction of sp³-hybridized carbons (Fsp3) is 0.379. The first-order valence-corrected chi connectivity index (χ1v) is 12.6. The molecule has 1 fully saturated rings. The van der Waals surface area contributed by atoms with E-state index < -0.39 is 17.6 Å². The van der Waals surface area contributed by atoms with E-state index in [9.17, 15) is 14.3 Å². The van der Waals surface area contributed by atoms with E-state index in [1.165, 1.54) is 18.3 Å². The van der Waals surface area contributed by atoms with Crippen LogP contribution in [-0.4, -0.2) is 47.7 Å². The van der Waals surface area contributed by atoms with E-state index in [-0.39, 0.29) is 23.7 Å². The molecule has 1 aliphatic rings. The molecular weight excluding hydrogens is 498 g/mol. The quantitative estimate of drug-likeness (QED) is 0.342. The van der Waals surface area contributed by atoms with Gasteiger partial charge >= 0.3 is 5.97 Å². The summed E-state index contributed by atoms with van der Waals surface area (Å²) in [6.07, 6.45) is 1.96. The van der Waals surface area contributed by atoms with Gasteiger partial charge in [0.1, 0.15) is 17.7 Å². The summed E-state index contributed by atoms with van der Waals surface area (Å²) in [4.78, 5) is 18.2. The van der Waals surface area contributed by atoms with Crippen molar-refractivity contribution in [3.05, 3.63) is 70.6 Å². The molecule has 8 heteroatoms. The lowest BCUT2D eigenvalue weighted by molar-refractivity contribution is -0.141. The Bertz CT molecular complexity index is 1310. The molecule has 1 saturated heterocycles. The molecule has 1 atom stereocenters. The Morgan fingerprint density at radius 1 is 1.24 bits per heavy atom. The van der Waals surface area contributed by atoms with E-state index in [0.717, 1.165) is 5.56 Å². The molecule has 37 heavy (non-hydrogen) atoms. The summed E-state index contributed by atoms with van der Waals surface area (Å²) in [7, 11) is 1.54. The third-order valence-electron chi connectivity index (χ3n) is 7.13. The topological polar surface area (TPSA) is 62.7 Å². The van der Waals surface area contributed by atoms with Crippen LogP contribution in [0.5, 0.6) is 5.75 Å². The predicted octanol–water partition coefficient (Wildman–Crippen LogP) is 6.44. The molecule has 3 aromatic rings. The Labute approximate surface area is 220 Å². The number of aliphatic carboxylic acids is 1. The molecule has 1 unspecified atom stereocenters. The van der Waals surface area contributed by atoms with E-state index >= 15 is 4.39 Å². The lowest BCUT2D eigenvalue weighted by atomic mass is 9.71. The SMILES string of the molecule is COc1ccc2ncc(Cl)c(C(F)CCC3(CC(=O)O)CCN(CC#Cc4ccc(F)cc4)CC3)c2c1. The molecule has 0 amide bonds. The summed E-state index contributed by atoms with van der Waals surface area (Å²) >= 11 is 6.38. The van der Waals surface area contributed by atoms with Crippen molar-refractivity contribution in [2.75, 3.05) is 26.7 Å². The van der Waals surface area contributed by atoms with Crippen LogP contribution in [0.15, 0.2) is 48.7 Å². The van der Waals surface area contributed by atoms with Crippen LogP contribution in [0.4, 0.5) is 8.78 Å². The van der Waals surface area contributed by atoms with Crippen molar-refractivity contribution in [2.45, 2.75) is 38.3 Å². The minimum atomic E-state index is -1.37. The molecule has 1 aromatic heterocycles. The number of alkyl halides is 1. The number of halogens is 3. The van der Waals surface area contributed by atoms with Crippen molar-refractivity contribution >= 4 is 28.5 Å². The summed E-state index contributed by atoms with van der Waals surface area (Å²) in [5.74, 6) is 5.55. The van der Waals surface area contributed by atoms with Crippen LogP contribution < -0.4 is 4.74 Å². The number of benzene rings is 2. The Morgan fingerprint density at radius 3 is 2.65 bits per heavy atom. The van der Waals surface area contributed by atoms with Crippen molar-refractivity contribution in [1.29, 1.82) is 0 Å². The highest BCUT2D eigenvalue weighted by Gasteiger charge is 2.37. The molecule has 0 bridgehead atoms. The molecule has 1 N–H and O–H groups in total. The maximum absolute atomic E-state index is 15.7. The van der Waals surface area contributed by atoms with Crippen LogP contribution in [0.25, 0.3) is 10.9 Å². The maximum Gasteiger partial charge on any atom is 0.303 e. The van der Waals surface area contributed by atoms with Gasteiger partial charge in [-0.25, -0.2) is 8.78 Å². The number of methoxy groups -OCH3 is 1. The molecule has 2 aromatic carbocycles. The van der Waals surface area contributed by atoms with Crippen molar-refractivity contribution in [3.8, 4) is 17.6 Å². The second-order valence-corrected chi connectivity index (χ2v) is 9.97. The van der Waals surface area contributed by atoms with Crippen LogP contribution in [0, 0.1) is 23.1 Å². The van der Waals surface area contributed by atoms with E-state index in [2.05, 4.69) is 21.7 Å². The number of carboxylic acid groups (broad SMARTS) is 1. The third-order valence-corrected chi connectivity index (χ3v) is 7.43. The van der Waals surface area contributed by atoms with Gasteiger partial charge in [0.2, 0.25) is 0 Å². The van der Waals surface area contributed by atoms with Crippen molar-refractivity contribution < 1.29 is 23.4 Å². The molecule has 0 saturated carbocycles. The number of nitrogens with zero attached hydrogens (tertiary/aromatic N) is 2. The van der Waals surface area contributed by atoms with Gasteiger partial charge in [0.25, 0.3) is 0 Å². The molecule has 0 radical (unpaired) electrons. The number of likely N-dealkylation sites (tertiary alicyclic amines) is 1. The van der Waals surface area contributed by atoms with E-state index in [4.69, 9.17) is 16.3 Å². The highest BCUT2D eigenvalue weighted by atomic mass is 35.5. The maximum atomic E-state index is 15.7. The second-order valence-electron chi connectivity index (χ2n) is 9.56. The molecule has 4 rings (SSSR count). The molecule has 5 nitrogen and oxygen atoms in total. The van der Waals surface area contributed by atoms with Gasteiger partial charge in [0, 0.05) is 22.7 Å². The van der Waals surface area contributed by atoms with Crippen LogP contribution in [0.3, 0.4) is 0 Å². The van der Waals surface area contributed by atoms with Crippen LogP contribution in [0.1, 0.15) is 49.4 Å². The Hall–Kier alpha value is -3.21. The first kappa shape index (κ1) is 26.8. The fourth-order valence-electron chi connectivity index (χ4n) is 5.00. The summed E-state index contributed by atoms with van der Waals surface area (Å²) in [5, 5.41) is 10.5. The zero-order valence-corrected chi connectivity index (χ0v) is 21.4. The smallest absolute Gasteiger partial charge is 0.303 e. The minimum absolute atomic E-state index is 0.00648. The monoisotopic (exact) mass is 526 g/mol. The highest BCUT2D eigenvalue weighted by Crippen LogP contribution is 2.44. The summed E-state index contributed by atoms with van der Waals surface area (Å²) in [6, 6.07) is 11.3. The van der Waals surface area contributed by atoms with Gasteiger partial charge in [-0.15, -0.1) is 0 Å². The molecule has 2 heterocycles. The average Bonchev–Trinajstić information content (AvgIpc) is 2.89. The Morgan fingerprint density at radius 2 is 1.97 bits per heavy atom. The van der Waals surface area contributed by atoms with E-state index in [1.54, 1.807) is 37.4 Å². The van der Waals surface area contributed by atoms with Crippen LogP contribution >= 0.6 is 11.6 Å². The fourth-order valence-corrected chi connectivity index (χ4v) is 5.27. The molecule has 0 spiro atoms. The number of hydrogen-bond acceptors (Lipinski definition) is 4. The number of rotatable bonds is 8. The van der Waals surface area contributed by atoms with Gasteiger partial charge in [-0.05, 0) is 86.7 Å². The number of fused-ring (bicyclic) bond motifs is 1. The van der Waals surface area contributed by atoms with Crippen LogP contribution in [-0.2, 0) is 4.79 Å².